The lowest BCUT2D eigenvalue weighted by atomic mass is 9.97. The van der Waals surface area contributed by atoms with Crippen molar-refractivity contribution in [3.05, 3.63) is 28.9 Å². The molecule has 1 heterocycles. The Hall–Kier alpha value is -1.000. The van der Waals surface area contributed by atoms with Gasteiger partial charge in [-0.05, 0) is 38.8 Å². The molecule has 1 aromatic heterocycles. The topological polar surface area (TPSA) is 42.1 Å². The van der Waals surface area contributed by atoms with Gasteiger partial charge in [0.25, 0.3) is 0 Å². The minimum Gasteiger partial charge on any atom is -0.424 e. The van der Waals surface area contributed by atoms with Crippen molar-refractivity contribution >= 4 is 44.4 Å². The number of carbonyl (C=O) groups excluding carboxylic acids is 1. The lowest BCUT2D eigenvalue weighted by Gasteiger charge is -2.16. The van der Waals surface area contributed by atoms with Crippen LogP contribution in [-0.4, -0.2) is 16.3 Å². The highest BCUT2D eigenvalue weighted by molar-refractivity contribution is 9.09. The van der Waals surface area contributed by atoms with Gasteiger partial charge in [0.2, 0.25) is 0 Å². The molecular formula is C15H17BrClNO2. The smallest absolute Gasteiger partial charge is 0.316 e. The van der Waals surface area contributed by atoms with Gasteiger partial charge >= 0.3 is 5.97 Å². The molecule has 1 N–H and O–H groups in total. The van der Waals surface area contributed by atoms with Crippen LogP contribution in [0, 0.1) is 5.41 Å². The third-order valence-corrected chi connectivity index (χ3v) is 3.83. The second-order valence-corrected chi connectivity index (χ2v) is 6.86. The van der Waals surface area contributed by atoms with Gasteiger partial charge in [-0.15, -0.1) is 0 Å². The van der Waals surface area contributed by atoms with E-state index in [2.05, 4.69) is 20.9 Å². The summed E-state index contributed by atoms with van der Waals surface area (Å²) in [6.45, 7) is 5.46. The highest BCUT2D eigenvalue weighted by Crippen LogP contribution is 2.36. The van der Waals surface area contributed by atoms with Crippen molar-refractivity contribution in [1.29, 1.82) is 0 Å². The van der Waals surface area contributed by atoms with Crippen molar-refractivity contribution in [3.8, 4) is 5.75 Å². The molecule has 0 unspecified atom stereocenters. The Bertz CT molecular complexity index is 643. The van der Waals surface area contributed by atoms with E-state index in [4.69, 9.17) is 16.3 Å². The predicted octanol–water partition coefficient (Wildman–Crippen LogP) is 4.71. The molecule has 1 aromatic carbocycles. The third kappa shape index (κ3) is 3.01. The SMILES string of the molecule is CC(C)(C)C(=O)Oc1c[nH]c2ccc(CCBr)c(Cl)c12. The quantitative estimate of drug-likeness (QED) is 0.638. The molecule has 3 nitrogen and oxygen atoms in total. The van der Waals surface area contributed by atoms with Crippen LogP contribution < -0.4 is 4.74 Å². The van der Waals surface area contributed by atoms with Crippen molar-refractivity contribution in [1.82, 2.24) is 4.98 Å². The number of halogens is 2. The molecule has 2 aromatic rings. The van der Waals surface area contributed by atoms with E-state index in [1.807, 2.05) is 32.9 Å². The minimum absolute atomic E-state index is 0.277. The number of hydrogen-bond acceptors (Lipinski definition) is 2. The number of esters is 1. The van der Waals surface area contributed by atoms with Crippen LogP contribution in [-0.2, 0) is 11.2 Å². The van der Waals surface area contributed by atoms with E-state index in [0.29, 0.717) is 10.8 Å². The van der Waals surface area contributed by atoms with Crippen molar-refractivity contribution < 1.29 is 9.53 Å². The maximum atomic E-state index is 12.0. The summed E-state index contributed by atoms with van der Waals surface area (Å²) in [5, 5.41) is 2.24. The lowest BCUT2D eigenvalue weighted by molar-refractivity contribution is -0.142. The zero-order chi connectivity index (χ0) is 14.9. The molecule has 0 radical (unpaired) electrons. The first-order valence-electron chi connectivity index (χ1n) is 6.41. The molecule has 5 heteroatoms. The first-order chi connectivity index (χ1) is 9.34. The standard InChI is InChI=1S/C15H17BrClNO2/c1-15(2,3)14(19)20-11-8-18-10-5-4-9(6-7-16)13(17)12(10)11/h4-5,8,18H,6-7H2,1-3H3. The van der Waals surface area contributed by atoms with Crippen molar-refractivity contribution in [2.24, 2.45) is 5.41 Å². The molecule has 0 fully saturated rings. The van der Waals surface area contributed by atoms with Gasteiger partial charge in [-0.2, -0.15) is 0 Å². The number of fused-ring (bicyclic) bond motifs is 1. The number of nitrogens with one attached hydrogen (secondary N) is 1. The highest BCUT2D eigenvalue weighted by atomic mass is 79.9. The molecule has 0 saturated heterocycles. The number of hydrogen-bond donors (Lipinski definition) is 1. The van der Waals surface area contributed by atoms with Gasteiger partial charge in [0.05, 0.1) is 21.3 Å². The molecule has 0 atom stereocenters. The van der Waals surface area contributed by atoms with E-state index in [1.165, 1.54) is 0 Å². The number of aromatic amines is 1. The summed E-state index contributed by atoms with van der Waals surface area (Å²) >= 11 is 9.84. The number of aromatic nitrogens is 1. The third-order valence-electron chi connectivity index (χ3n) is 3.01. The number of alkyl halides is 1. The summed E-state index contributed by atoms with van der Waals surface area (Å²) in [4.78, 5) is 15.1. The zero-order valence-corrected chi connectivity index (χ0v) is 14.1. The summed E-state index contributed by atoms with van der Waals surface area (Å²) in [6, 6.07) is 3.94. The van der Waals surface area contributed by atoms with E-state index in [-0.39, 0.29) is 5.97 Å². The molecule has 0 saturated carbocycles. The Labute approximate surface area is 131 Å². The average molecular weight is 359 g/mol. The van der Waals surface area contributed by atoms with Gasteiger partial charge in [-0.1, -0.05) is 33.6 Å². The first kappa shape index (κ1) is 15.4. The maximum Gasteiger partial charge on any atom is 0.316 e. The van der Waals surface area contributed by atoms with Crippen LogP contribution in [0.3, 0.4) is 0 Å². The maximum absolute atomic E-state index is 12.0. The van der Waals surface area contributed by atoms with E-state index in [0.717, 1.165) is 28.2 Å². The van der Waals surface area contributed by atoms with Gasteiger partial charge < -0.3 is 9.72 Å². The van der Waals surface area contributed by atoms with Gasteiger partial charge in [0.1, 0.15) is 0 Å². The first-order valence-corrected chi connectivity index (χ1v) is 7.91. The summed E-state index contributed by atoms with van der Waals surface area (Å²) < 4.78 is 5.48. The number of H-pyrrole nitrogens is 1. The van der Waals surface area contributed by atoms with Gasteiger partial charge in [-0.25, -0.2) is 0 Å². The van der Waals surface area contributed by atoms with Crippen molar-refractivity contribution in [2.75, 3.05) is 5.33 Å². The van der Waals surface area contributed by atoms with Crippen LogP contribution in [0.25, 0.3) is 10.9 Å². The van der Waals surface area contributed by atoms with Gasteiger partial charge in [0, 0.05) is 11.5 Å². The second kappa shape index (κ2) is 5.78. The molecule has 0 aliphatic carbocycles. The Morgan fingerprint density at radius 3 is 2.70 bits per heavy atom. The van der Waals surface area contributed by atoms with E-state index in [9.17, 15) is 4.79 Å². The molecule has 0 amide bonds. The predicted molar refractivity (Wildman–Crippen MR) is 85.9 cm³/mol. The fourth-order valence-electron chi connectivity index (χ4n) is 1.82. The van der Waals surface area contributed by atoms with Crippen LogP contribution in [0.15, 0.2) is 18.3 Å². The number of rotatable bonds is 3. The molecule has 2 rings (SSSR count). The molecule has 0 aliphatic heterocycles. The van der Waals surface area contributed by atoms with E-state index >= 15 is 0 Å². The van der Waals surface area contributed by atoms with Crippen LogP contribution >= 0.6 is 27.5 Å². The van der Waals surface area contributed by atoms with Crippen LogP contribution in [0.1, 0.15) is 26.3 Å². The molecular weight excluding hydrogens is 342 g/mol. The van der Waals surface area contributed by atoms with E-state index < -0.39 is 5.41 Å². The number of ether oxygens (including phenoxy) is 1. The van der Waals surface area contributed by atoms with Gasteiger partial charge in [0.15, 0.2) is 5.75 Å². The Kier molecular flexibility index (Phi) is 4.45. The molecule has 108 valence electrons. The summed E-state index contributed by atoms with van der Waals surface area (Å²) in [5.41, 5.74) is 1.34. The summed E-state index contributed by atoms with van der Waals surface area (Å²) in [5.74, 6) is 0.210. The second-order valence-electron chi connectivity index (χ2n) is 5.69. The highest BCUT2D eigenvalue weighted by Gasteiger charge is 2.25. The Morgan fingerprint density at radius 2 is 2.10 bits per heavy atom. The zero-order valence-electron chi connectivity index (χ0n) is 11.7. The Balaban J connectivity index is 2.45. The number of aryl methyl sites for hydroxylation is 1. The van der Waals surface area contributed by atoms with Crippen LogP contribution in [0.4, 0.5) is 0 Å². The number of carbonyl (C=O) groups is 1. The van der Waals surface area contributed by atoms with Crippen LogP contribution in [0.2, 0.25) is 5.02 Å². The molecule has 0 bridgehead atoms. The van der Waals surface area contributed by atoms with E-state index in [1.54, 1.807) is 6.20 Å². The normalized spacial score (nSPS) is 11.8. The number of benzene rings is 1. The molecule has 0 aliphatic rings. The van der Waals surface area contributed by atoms with Crippen molar-refractivity contribution in [2.45, 2.75) is 27.2 Å². The fraction of sp³-hybridized carbons (Fsp3) is 0.400. The molecule has 0 spiro atoms. The summed E-state index contributed by atoms with van der Waals surface area (Å²) in [7, 11) is 0. The van der Waals surface area contributed by atoms with Gasteiger partial charge in [-0.3, -0.25) is 4.79 Å². The lowest BCUT2D eigenvalue weighted by Crippen LogP contribution is -2.25. The molecule has 20 heavy (non-hydrogen) atoms. The summed E-state index contributed by atoms with van der Waals surface area (Å²) in [6.07, 6.45) is 2.50. The largest absolute Gasteiger partial charge is 0.424 e. The van der Waals surface area contributed by atoms with Crippen LogP contribution in [0.5, 0.6) is 5.75 Å². The fourth-order valence-corrected chi connectivity index (χ4v) is 2.60. The Morgan fingerprint density at radius 1 is 1.40 bits per heavy atom. The minimum atomic E-state index is -0.552. The monoisotopic (exact) mass is 357 g/mol. The average Bonchev–Trinajstić information content (AvgIpc) is 2.76. The van der Waals surface area contributed by atoms with Crippen molar-refractivity contribution in [3.63, 3.8) is 0 Å².